The van der Waals surface area contributed by atoms with Gasteiger partial charge in [-0.1, -0.05) is 0 Å². The maximum Gasteiger partial charge on any atom is 0.241 e. The van der Waals surface area contributed by atoms with E-state index in [4.69, 9.17) is 0 Å². The van der Waals surface area contributed by atoms with Crippen LogP contribution in [0.4, 0.5) is 17.3 Å². The van der Waals surface area contributed by atoms with Gasteiger partial charge in [0.15, 0.2) is 5.82 Å². The van der Waals surface area contributed by atoms with E-state index in [2.05, 4.69) is 41.2 Å². The fourth-order valence-corrected chi connectivity index (χ4v) is 1.99. The Bertz CT molecular complexity index is 775. The van der Waals surface area contributed by atoms with Gasteiger partial charge in [0.1, 0.15) is 25.0 Å². The summed E-state index contributed by atoms with van der Waals surface area (Å²) in [5.74, 6) is 1.14. The topological polar surface area (TPSA) is 123 Å². The van der Waals surface area contributed by atoms with Crippen LogP contribution in [0.3, 0.4) is 0 Å². The van der Waals surface area contributed by atoms with E-state index in [1.807, 2.05) is 24.3 Å². The first-order valence-electron chi connectivity index (χ1n) is 7.63. The minimum atomic E-state index is -0.129. The Morgan fingerprint density at radius 2 is 1.80 bits per heavy atom. The highest BCUT2D eigenvalue weighted by Gasteiger charge is 2.02. The van der Waals surface area contributed by atoms with Crippen molar-refractivity contribution in [2.45, 2.75) is 6.54 Å². The summed E-state index contributed by atoms with van der Waals surface area (Å²) in [6.07, 6.45) is 6.28. The Morgan fingerprint density at radius 3 is 2.52 bits per heavy atom. The Kier molecular flexibility index (Phi) is 5.44. The zero-order valence-corrected chi connectivity index (χ0v) is 13.3. The summed E-state index contributed by atoms with van der Waals surface area (Å²) in [5.41, 5.74) is 0.889. The first kappa shape index (κ1) is 16.3. The molecule has 3 N–H and O–H groups in total. The van der Waals surface area contributed by atoms with Crippen LogP contribution in [0.2, 0.25) is 0 Å². The molecule has 0 saturated carbocycles. The highest BCUT2D eigenvalue weighted by atomic mass is 16.2. The van der Waals surface area contributed by atoms with Crippen molar-refractivity contribution in [2.75, 3.05) is 23.7 Å². The van der Waals surface area contributed by atoms with Crippen molar-refractivity contribution in [2.24, 2.45) is 0 Å². The van der Waals surface area contributed by atoms with Gasteiger partial charge < -0.3 is 16.0 Å². The molecular weight excluding hydrogens is 322 g/mol. The van der Waals surface area contributed by atoms with E-state index >= 15 is 0 Å². The average Bonchev–Trinajstić information content (AvgIpc) is 3.14. The minimum absolute atomic E-state index is 0.129. The molecule has 25 heavy (non-hydrogen) atoms. The number of rotatable bonds is 8. The van der Waals surface area contributed by atoms with Crippen molar-refractivity contribution >= 4 is 23.2 Å². The van der Waals surface area contributed by atoms with E-state index in [1.165, 1.54) is 17.3 Å². The number of pyridine rings is 1. The van der Waals surface area contributed by atoms with Crippen molar-refractivity contribution in [1.29, 1.82) is 0 Å². The normalized spacial score (nSPS) is 10.2. The molecule has 0 unspecified atom stereocenters. The number of anilines is 3. The monoisotopic (exact) mass is 339 g/mol. The number of aromatic nitrogens is 6. The van der Waals surface area contributed by atoms with Crippen LogP contribution in [-0.2, 0) is 11.3 Å². The average molecular weight is 339 g/mol. The van der Waals surface area contributed by atoms with Crippen molar-refractivity contribution in [1.82, 2.24) is 35.3 Å². The van der Waals surface area contributed by atoms with Crippen LogP contribution in [0.25, 0.3) is 0 Å². The van der Waals surface area contributed by atoms with Crippen LogP contribution in [0.5, 0.6) is 0 Å². The summed E-state index contributed by atoms with van der Waals surface area (Å²) in [6.45, 7) is 1.15. The van der Waals surface area contributed by atoms with E-state index in [0.29, 0.717) is 24.7 Å². The predicted molar refractivity (Wildman–Crippen MR) is 91.1 cm³/mol. The Labute approximate surface area is 143 Å². The lowest BCUT2D eigenvalue weighted by atomic mass is 10.4. The van der Waals surface area contributed by atoms with Gasteiger partial charge in [0.05, 0.1) is 0 Å². The molecule has 0 spiro atoms. The van der Waals surface area contributed by atoms with Gasteiger partial charge >= 0.3 is 0 Å². The lowest BCUT2D eigenvalue weighted by Gasteiger charge is -2.08. The van der Waals surface area contributed by atoms with E-state index in [9.17, 15) is 4.79 Å². The number of amides is 1. The standard InChI is InChI=1S/C15H17N9O/c25-15(9-24-11-17-10-20-24)19-8-7-18-13-1-2-14(23-22-13)21-12-3-5-16-6-4-12/h1-6,10-11H,7-9H2,(H,18,22)(H,19,25)(H,16,21,23). The molecule has 128 valence electrons. The van der Waals surface area contributed by atoms with Gasteiger partial charge in [0.25, 0.3) is 0 Å². The Hall–Kier alpha value is -3.56. The first-order valence-corrected chi connectivity index (χ1v) is 7.63. The molecule has 0 aliphatic heterocycles. The number of carbonyl (C=O) groups is 1. The molecule has 0 aliphatic carbocycles. The lowest BCUT2D eigenvalue weighted by Crippen LogP contribution is -2.31. The molecule has 10 nitrogen and oxygen atoms in total. The molecule has 0 fully saturated rings. The van der Waals surface area contributed by atoms with Crippen LogP contribution in [0, 0.1) is 0 Å². The summed E-state index contributed by atoms with van der Waals surface area (Å²) in [5, 5.41) is 21.0. The smallest absolute Gasteiger partial charge is 0.241 e. The third-order valence-corrected chi connectivity index (χ3v) is 3.14. The fraction of sp³-hybridized carbons (Fsp3) is 0.200. The minimum Gasteiger partial charge on any atom is -0.367 e. The molecule has 3 aromatic rings. The van der Waals surface area contributed by atoms with Gasteiger partial charge in [0, 0.05) is 31.2 Å². The molecule has 1 amide bonds. The van der Waals surface area contributed by atoms with Gasteiger partial charge in [0.2, 0.25) is 5.91 Å². The second-order valence-corrected chi connectivity index (χ2v) is 5.03. The highest BCUT2D eigenvalue weighted by molar-refractivity contribution is 5.75. The zero-order valence-electron chi connectivity index (χ0n) is 13.3. The molecule has 3 aromatic heterocycles. The van der Waals surface area contributed by atoms with E-state index in [1.54, 1.807) is 12.4 Å². The maximum atomic E-state index is 11.7. The second-order valence-electron chi connectivity index (χ2n) is 5.03. The third kappa shape index (κ3) is 5.23. The van der Waals surface area contributed by atoms with Crippen LogP contribution in [0.1, 0.15) is 0 Å². The molecule has 3 rings (SSSR count). The predicted octanol–water partition coefficient (Wildman–Crippen LogP) is 0.435. The van der Waals surface area contributed by atoms with Crippen molar-refractivity contribution in [3.63, 3.8) is 0 Å². The van der Waals surface area contributed by atoms with Crippen molar-refractivity contribution in [3.05, 3.63) is 49.3 Å². The number of hydrogen-bond donors (Lipinski definition) is 3. The van der Waals surface area contributed by atoms with Crippen LogP contribution < -0.4 is 16.0 Å². The quantitative estimate of drug-likeness (QED) is 0.505. The Morgan fingerprint density at radius 1 is 1.00 bits per heavy atom. The summed E-state index contributed by atoms with van der Waals surface area (Å²) >= 11 is 0. The number of nitrogens with one attached hydrogen (secondary N) is 3. The highest BCUT2D eigenvalue weighted by Crippen LogP contribution is 2.12. The SMILES string of the molecule is O=C(Cn1cncn1)NCCNc1ccc(Nc2ccncc2)nn1. The third-order valence-electron chi connectivity index (χ3n) is 3.14. The van der Waals surface area contributed by atoms with Crippen LogP contribution in [-0.4, -0.2) is 48.9 Å². The second kappa shape index (κ2) is 8.34. The number of nitrogens with zero attached hydrogens (tertiary/aromatic N) is 6. The molecule has 0 aromatic carbocycles. The number of hydrogen-bond acceptors (Lipinski definition) is 8. The molecule has 0 bridgehead atoms. The van der Waals surface area contributed by atoms with Crippen molar-refractivity contribution < 1.29 is 4.79 Å². The number of carbonyl (C=O) groups excluding carboxylic acids is 1. The van der Waals surface area contributed by atoms with Gasteiger partial charge in [-0.05, 0) is 24.3 Å². The van der Waals surface area contributed by atoms with Gasteiger partial charge in [-0.3, -0.25) is 9.78 Å². The largest absolute Gasteiger partial charge is 0.367 e. The van der Waals surface area contributed by atoms with E-state index in [-0.39, 0.29) is 12.5 Å². The molecule has 10 heteroatoms. The lowest BCUT2D eigenvalue weighted by molar-refractivity contribution is -0.121. The Balaban J connectivity index is 1.38. The fourth-order valence-electron chi connectivity index (χ4n) is 1.99. The summed E-state index contributed by atoms with van der Waals surface area (Å²) in [4.78, 5) is 19.4. The van der Waals surface area contributed by atoms with Crippen LogP contribution in [0.15, 0.2) is 49.3 Å². The maximum absolute atomic E-state index is 11.7. The summed E-state index contributed by atoms with van der Waals surface area (Å²) in [6, 6.07) is 7.32. The molecule has 3 heterocycles. The van der Waals surface area contributed by atoms with Gasteiger partial charge in [-0.2, -0.15) is 5.10 Å². The molecule has 0 atom stereocenters. The van der Waals surface area contributed by atoms with Gasteiger partial charge in [-0.15, -0.1) is 10.2 Å². The molecule has 0 aliphatic rings. The first-order chi connectivity index (χ1) is 12.3. The zero-order chi connectivity index (χ0) is 17.3. The molecule has 0 saturated heterocycles. The molecular formula is C15H17N9O. The van der Waals surface area contributed by atoms with E-state index < -0.39 is 0 Å². The summed E-state index contributed by atoms with van der Waals surface area (Å²) in [7, 11) is 0. The summed E-state index contributed by atoms with van der Waals surface area (Å²) < 4.78 is 1.46. The van der Waals surface area contributed by atoms with E-state index in [0.717, 1.165) is 5.69 Å². The van der Waals surface area contributed by atoms with Crippen molar-refractivity contribution in [3.8, 4) is 0 Å². The van der Waals surface area contributed by atoms with Crippen LogP contribution >= 0.6 is 0 Å². The van der Waals surface area contributed by atoms with Gasteiger partial charge in [-0.25, -0.2) is 9.67 Å². The molecule has 0 radical (unpaired) electrons.